The first-order valence-corrected chi connectivity index (χ1v) is 12.4. The van der Waals surface area contributed by atoms with Gasteiger partial charge in [0.25, 0.3) is 0 Å². The largest absolute Gasteiger partial charge is 1.00 e. The van der Waals surface area contributed by atoms with Crippen molar-refractivity contribution < 1.29 is 31.9 Å². The van der Waals surface area contributed by atoms with Gasteiger partial charge in [-0.2, -0.15) is 0 Å². The first kappa shape index (κ1) is 29.4. The molecule has 1 aliphatic heterocycles. The number of carboxylic acids is 1. The number of carboxylic acid groups (broad SMARTS) is 1. The van der Waals surface area contributed by atoms with E-state index in [1.807, 2.05) is 0 Å². The molecule has 0 saturated carbocycles. The Morgan fingerprint density at radius 2 is 1.33 bits per heavy atom. The van der Waals surface area contributed by atoms with E-state index in [4.69, 9.17) is 0 Å². The molecule has 1 rings (SSSR count). The Morgan fingerprint density at radius 3 is 1.77 bits per heavy atom. The van der Waals surface area contributed by atoms with Crippen LogP contribution in [0.5, 0.6) is 0 Å². The molecule has 0 fully saturated rings. The molecular formula is C24H47ClN2O3. The van der Waals surface area contributed by atoms with E-state index in [9.17, 15) is 15.0 Å². The van der Waals surface area contributed by atoms with Crippen LogP contribution in [0.25, 0.3) is 0 Å². The molecule has 0 saturated heterocycles. The Bertz CT molecular complexity index is 460. The zero-order chi connectivity index (χ0) is 21.2. The highest BCUT2D eigenvalue weighted by atomic mass is 35.5. The molecule has 0 amide bonds. The molecule has 0 aromatic carbocycles. The predicted octanol–water partition coefficient (Wildman–Crippen LogP) is 2.56. The molecule has 1 unspecified atom stereocenters. The van der Waals surface area contributed by atoms with Crippen LogP contribution in [0.4, 0.5) is 0 Å². The van der Waals surface area contributed by atoms with Gasteiger partial charge in [0, 0.05) is 6.42 Å². The summed E-state index contributed by atoms with van der Waals surface area (Å²) in [7, 11) is 0. The first-order chi connectivity index (χ1) is 14.1. The van der Waals surface area contributed by atoms with Crippen molar-refractivity contribution in [2.45, 2.75) is 110 Å². The van der Waals surface area contributed by atoms with Crippen molar-refractivity contribution in [1.29, 1.82) is 0 Å². The smallest absolute Gasteiger partial charge is 0.359 e. The van der Waals surface area contributed by atoms with Crippen molar-refractivity contribution in [2.75, 3.05) is 32.8 Å². The number of aliphatic carboxylic acids is 1. The maximum Gasteiger partial charge on any atom is 0.359 e. The number of aliphatic hydroxyl groups excluding tert-OH is 1. The third-order valence-electron chi connectivity index (χ3n) is 6.34. The number of amidine groups is 1. The van der Waals surface area contributed by atoms with Crippen LogP contribution >= 0.6 is 0 Å². The maximum absolute atomic E-state index is 11.2. The van der Waals surface area contributed by atoms with E-state index in [-0.39, 0.29) is 25.6 Å². The lowest BCUT2D eigenvalue weighted by molar-refractivity contribution is -0.829. The van der Waals surface area contributed by atoms with Crippen LogP contribution in [0.3, 0.4) is 0 Å². The van der Waals surface area contributed by atoms with Gasteiger partial charge in [0.2, 0.25) is 0 Å². The van der Waals surface area contributed by atoms with Crippen LogP contribution in [0.15, 0.2) is 4.99 Å². The molecule has 2 N–H and O–H groups in total. The summed E-state index contributed by atoms with van der Waals surface area (Å²) in [6.07, 6.45) is 21.1. The second-order valence-corrected chi connectivity index (χ2v) is 8.87. The molecule has 178 valence electrons. The SMILES string of the molecule is CCCCCCCCCCCCCCCCCC1=NCC[N+]1(CCO)CC(=O)O.[Cl-]. The number of quaternary nitrogens is 1. The van der Waals surface area contributed by atoms with Crippen LogP contribution in [0.1, 0.15) is 110 Å². The van der Waals surface area contributed by atoms with Gasteiger partial charge >= 0.3 is 5.97 Å². The summed E-state index contributed by atoms with van der Waals surface area (Å²) in [5.74, 6) is 0.195. The van der Waals surface area contributed by atoms with Gasteiger partial charge in [0.15, 0.2) is 12.4 Å². The number of nitrogens with zero attached hydrogens (tertiary/aromatic N) is 2. The highest BCUT2D eigenvalue weighted by Crippen LogP contribution is 2.20. The average Bonchev–Trinajstić information content (AvgIpc) is 3.06. The number of aliphatic imine (C=N–C) groups is 1. The number of aliphatic hydroxyl groups is 1. The fourth-order valence-electron chi connectivity index (χ4n) is 4.56. The number of halogens is 1. The molecule has 0 aromatic rings. The lowest BCUT2D eigenvalue weighted by atomic mass is 10.0. The van der Waals surface area contributed by atoms with Crippen molar-refractivity contribution in [2.24, 2.45) is 4.99 Å². The number of hydrogen-bond donors (Lipinski definition) is 2. The Balaban J connectivity index is 0.00000841. The fourth-order valence-corrected chi connectivity index (χ4v) is 4.56. The van der Waals surface area contributed by atoms with Crippen molar-refractivity contribution in [1.82, 2.24) is 0 Å². The molecule has 1 atom stereocenters. The van der Waals surface area contributed by atoms with Gasteiger partial charge in [-0.05, 0) is 6.42 Å². The second-order valence-electron chi connectivity index (χ2n) is 8.87. The lowest BCUT2D eigenvalue weighted by Crippen LogP contribution is -3.00. The number of hydrogen-bond acceptors (Lipinski definition) is 3. The van der Waals surface area contributed by atoms with E-state index in [0.29, 0.717) is 17.6 Å². The molecule has 0 aliphatic carbocycles. The number of carbonyl (C=O) groups is 1. The monoisotopic (exact) mass is 446 g/mol. The standard InChI is InChI=1S/C24H46N2O3.ClH/c1-2-3-4-5-6-7-8-9-10-11-12-13-14-15-16-17-23-25-18-19-26(23,20-21-27)22-24(28)29;/h27H,2-22H2,1H3;1H. The topological polar surface area (TPSA) is 69.9 Å². The van der Waals surface area contributed by atoms with E-state index in [1.54, 1.807) is 0 Å². The first-order valence-electron chi connectivity index (χ1n) is 12.4. The minimum absolute atomic E-state index is 0. The number of rotatable bonds is 20. The van der Waals surface area contributed by atoms with Gasteiger partial charge in [-0.3, -0.25) is 4.48 Å². The van der Waals surface area contributed by atoms with E-state index in [1.165, 1.54) is 89.9 Å². The van der Waals surface area contributed by atoms with Gasteiger partial charge in [-0.1, -0.05) is 96.8 Å². The Kier molecular flexibility index (Phi) is 18.7. The van der Waals surface area contributed by atoms with Gasteiger partial charge in [-0.25, -0.2) is 9.79 Å². The van der Waals surface area contributed by atoms with Crippen LogP contribution in [0, 0.1) is 0 Å². The molecule has 0 radical (unpaired) electrons. The molecule has 5 nitrogen and oxygen atoms in total. The lowest BCUT2D eigenvalue weighted by Gasteiger charge is -2.32. The minimum Gasteiger partial charge on any atom is -1.00 e. The summed E-state index contributed by atoms with van der Waals surface area (Å²) < 4.78 is 0.366. The summed E-state index contributed by atoms with van der Waals surface area (Å²) in [5.41, 5.74) is 0. The van der Waals surface area contributed by atoms with Crippen LogP contribution in [0.2, 0.25) is 0 Å². The maximum atomic E-state index is 11.2. The van der Waals surface area contributed by atoms with E-state index in [0.717, 1.165) is 25.2 Å². The molecule has 30 heavy (non-hydrogen) atoms. The minimum atomic E-state index is -0.801. The van der Waals surface area contributed by atoms with Crippen molar-refractivity contribution in [3.8, 4) is 0 Å². The third-order valence-corrected chi connectivity index (χ3v) is 6.34. The summed E-state index contributed by atoms with van der Waals surface area (Å²) in [6, 6.07) is 0. The summed E-state index contributed by atoms with van der Waals surface area (Å²) >= 11 is 0. The molecule has 1 heterocycles. The Labute approximate surface area is 191 Å². The molecule has 1 aliphatic rings. The second kappa shape index (κ2) is 19.1. The Hall–Kier alpha value is -0.650. The summed E-state index contributed by atoms with van der Waals surface area (Å²) in [6.45, 7) is 4.24. The van der Waals surface area contributed by atoms with Gasteiger partial charge < -0.3 is 22.6 Å². The van der Waals surface area contributed by atoms with Crippen molar-refractivity contribution in [3.05, 3.63) is 0 Å². The van der Waals surface area contributed by atoms with Crippen molar-refractivity contribution >= 4 is 11.8 Å². The number of unbranched alkanes of at least 4 members (excludes halogenated alkanes) is 14. The van der Waals surface area contributed by atoms with E-state index >= 15 is 0 Å². The van der Waals surface area contributed by atoms with Gasteiger partial charge in [0.1, 0.15) is 13.1 Å². The third kappa shape index (κ3) is 12.9. The molecule has 0 bridgehead atoms. The van der Waals surface area contributed by atoms with Crippen LogP contribution in [-0.4, -0.2) is 59.3 Å². The molecule has 6 heteroatoms. The van der Waals surface area contributed by atoms with Gasteiger partial charge in [-0.15, -0.1) is 0 Å². The molecule has 0 aromatic heterocycles. The quantitative estimate of drug-likeness (QED) is 0.223. The van der Waals surface area contributed by atoms with Crippen molar-refractivity contribution in [3.63, 3.8) is 0 Å². The molecular weight excluding hydrogens is 400 g/mol. The highest BCUT2D eigenvalue weighted by molar-refractivity contribution is 5.80. The Morgan fingerprint density at radius 1 is 0.867 bits per heavy atom. The van der Waals surface area contributed by atoms with Gasteiger partial charge in [0.05, 0.1) is 13.2 Å². The normalized spacial score (nSPS) is 18.3. The van der Waals surface area contributed by atoms with E-state index < -0.39 is 5.97 Å². The zero-order valence-corrected chi connectivity index (χ0v) is 20.2. The van der Waals surface area contributed by atoms with Crippen LogP contribution < -0.4 is 12.4 Å². The molecule has 0 spiro atoms. The van der Waals surface area contributed by atoms with E-state index in [2.05, 4.69) is 11.9 Å². The summed E-state index contributed by atoms with van der Waals surface area (Å²) in [5, 5.41) is 18.6. The average molecular weight is 447 g/mol. The fraction of sp³-hybridized carbons (Fsp3) is 0.917. The van der Waals surface area contributed by atoms with Crippen LogP contribution in [-0.2, 0) is 4.79 Å². The zero-order valence-electron chi connectivity index (χ0n) is 19.4. The highest BCUT2D eigenvalue weighted by Gasteiger charge is 2.39. The summed E-state index contributed by atoms with van der Waals surface area (Å²) in [4.78, 5) is 15.8. The predicted molar refractivity (Wildman–Crippen MR) is 121 cm³/mol.